The normalized spacial score (nSPS) is 18.6. The Balaban J connectivity index is 0.00000261. The van der Waals surface area contributed by atoms with Gasteiger partial charge in [-0.3, -0.25) is 4.79 Å². The molecular formula is C21H27ClN2O3. The Kier molecular flexibility index (Phi) is 8.10. The lowest BCUT2D eigenvalue weighted by Crippen LogP contribution is -2.39. The second-order valence-electron chi connectivity index (χ2n) is 6.59. The number of ether oxygens (including phenoxy) is 2. The summed E-state index contributed by atoms with van der Waals surface area (Å²) in [4.78, 5) is 14.9. The molecule has 0 aliphatic carbocycles. The average molecular weight is 391 g/mol. The first-order valence-electron chi connectivity index (χ1n) is 9.00. The van der Waals surface area contributed by atoms with E-state index in [-0.39, 0.29) is 24.4 Å². The molecule has 1 aliphatic heterocycles. The molecule has 2 N–H and O–H groups in total. The number of halogens is 1. The molecular weight excluding hydrogens is 364 g/mol. The number of carbonyl (C=O) groups excluding carboxylic acids is 1. The van der Waals surface area contributed by atoms with Crippen LogP contribution in [0.15, 0.2) is 54.6 Å². The van der Waals surface area contributed by atoms with Crippen LogP contribution in [0.5, 0.6) is 5.75 Å². The summed E-state index contributed by atoms with van der Waals surface area (Å²) in [7, 11) is 1.64. The zero-order valence-electron chi connectivity index (χ0n) is 15.5. The van der Waals surface area contributed by atoms with Gasteiger partial charge in [0, 0.05) is 19.6 Å². The number of nitrogens with two attached hydrogens (primary N) is 1. The molecule has 1 aliphatic rings. The molecule has 0 bridgehead atoms. The Morgan fingerprint density at radius 2 is 1.70 bits per heavy atom. The molecule has 5 nitrogen and oxygen atoms in total. The van der Waals surface area contributed by atoms with Crippen molar-refractivity contribution in [3.8, 4) is 5.75 Å². The third-order valence-corrected chi connectivity index (χ3v) is 4.71. The summed E-state index contributed by atoms with van der Waals surface area (Å²) in [5, 5.41) is 0. The van der Waals surface area contributed by atoms with Crippen LogP contribution in [0.1, 0.15) is 24.0 Å². The van der Waals surface area contributed by atoms with Gasteiger partial charge in [-0.2, -0.15) is 0 Å². The molecule has 0 radical (unpaired) electrons. The lowest BCUT2D eigenvalue weighted by atomic mass is 10.1. The van der Waals surface area contributed by atoms with Crippen molar-refractivity contribution < 1.29 is 14.3 Å². The Labute approximate surface area is 166 Å². The van der Waals surface area contributed by atoms with Crippen LogP contribution in [0.3, 0.4) is 0 Å². The van der Waals surface area contributed by atoms with E-state index in [1.807, 2.05) is 59.5 Å². The SMILES string of the molecule is COc1ccc(CN(Cc2ccccc2)C(=O)[C@@H]2CC[C@H](CN)O2)cc1.Cl. The van der Waals surface area contributed by atoms with Gasteiger partial charge in [-0.25, -0.2) is 0 Å². The van der Waals surface area contributed by atoms with Gasteiger partial charge >= 0.3 is 0 Å². The third-order valence-electron chi connectivity index (χ3n) is 4.71. The Bertz CT molecular complexity index is 709. The first-order chi connectivity index (χ1) is 12.7. The van der Waals surface area contributed by atoms with Crippen molar-refractivity contribution in [2.45, 2.75) is 38.1 Å². The number of rotatable bonds is 7. The van der Waals surface area contributed by atoms with E-state index >= 15 is 0 Å². The number of methoxy groups -OCH3 is 1. The topological polar surface area (TPSA) is 64.8 Å². The van der Waals surface area contributed by atoms with E-state index in [1.165, 1.54) is 0 Å². The van der Waals surface area contributed by atoms with Gasteiger partial charge in [0.1, 0.15) is 11.9 Å². The minimum absolute atomic E-state index is 0. The number of carbonyl (C=O) groups is 1. The Hall–Kier alpha value is -2.08. The molecule has 2 aromatic rings. The molecule has 2 aromatic carbocycles. The first-order valence-corrected chi connectivity index (χ1v) is 9.00. The van der Waals surface area contributed by atoms with E-state index < -0.39 is 6.10 Å². The van der Waals surface area contributed by atoms with Gasteiger partial charge in [0.05, 0.1) is 13.2 Å². The van der Waals surface area contributed by atoms with E-state index in [0.29, 0.717) is 19.6 Å². The smallest absolute Gasteiger partial charge is 0.252 e. The van der Waals surface area contributed by atoms with Crippen LogP contribution in [0, 0.1) is 0 Å². The van der Waals surface area contributed by atoms with Crippen LogP contribution in [-0.4, -0.2) is 36.7 Å². The monoisotopic (exact) mass is 390 g/mol. The summed E-state index contributed by atoms with van der Waals surface area (Å²) < 4.78 is 11.0. The molecule has 1 saturated heterocycles. The van der Waals surface area contributed by atoms with E-state index in [2.05, 4.69) is 0 Å². The molecule has 27 heavy (non-hydrogen) atoms. The minimum atomic E-state index is -0.398. The highest BCUT2D eigenvalue weighted by atomic mass is 35.5. The van der Waals surface area contributed by atoms with Gasteiger partial charge in [-0.15, -0.1) is 12.4 Å². The van der Waals surface area contributed by atoms with Crippen LogP contribution in [-0.2, 0) is 22.6 Å². The summed E-state index contributed by atoms with van der Waals surface area (Å²) in [6.45, 7) is 1.55. The molecule has 6 heteroatoms. The molecule has 0 saturated carbocycles. The fraction of sp³-hybridized carbons (Fsp3) is 0.381. The van der Waals surface area contributed by atoms with E-state index in [0.717, 1.165) is 29.7 Å². The summed E-state index contributed by atoms with van der Waals surface area (Å²) in [5.74, 6) is 0.834. The van der Waals surface area contributed by atoms with Gasteiger partial charge in [-0.05, 0) is 36.1 Å². The summed E-state index contributed by atoms with van der Waals surface area (Å²) in [6.07, 6.45) is 1.16. The second-order valence-corrected chi connectivity index (χ2v) is 6.59. The zero-order chi connectivity index (χ0) is 18.4. The highest BCUT2D eigenvalue weighted by molar-refractivity contribution is 5.85. The Morgan fingerprint density at radius 1 is 1.07 bits per heavy atom. The number of amides is 1. The van der Waals surface area contributed by atoms with Gasteiger partial charge in [0.2, 0.25) is 0 Å². The highest BCUT2D eigenvalue weighted by Crippen LogP contribution is 2.23. The van der Waals surface area contributed by atoms with Crippen molar-refractivity contribution in [3.63, 3.8) is 0 Å². The van der Waals surface area contributed by atoms with Crippen LogP contribution in [0.4, 0.5) is 0 Å². The third kappa shape index (κ3) is 5.70. The van der Waals surface area contributed by atoms with Gasteiger partial charge in [0.25, 0.3) is 5.91 Å². The maximum atomic E-state index is 13.1. The number of hydrogen-bond donors (Lipinski definition) is 1. The van der Waals surface area contributed by atoms with Crippen LogP contribution >= 0.6 is 12.4 Å². The van der Waals surface area contributed by atoms with Gasteiger partial charge in [-0.1, -0.05) is 42.5 Å². The molecule has 3 rings (SSSR count). The maximum Gasteiger partial charge on any atom is 0.252 e. The van der Waals surface area contributed by atoms with Crippen LogP contribution in [0.25, 0.3) is 0 Å². The van der Waals surface area contributed by atoms with Crippen molar-refractivity contribution >= 4 is 18.3 Å². The standard InChI is InChI=1S/C21H26N2O3.ClH/c1-25-18-9-7-17(8-10-18)15-23(14-16-5-3-2-4-6-16)21(24)20-12-11-19(13-22)26-20;/h2-10,19-20H,11-15,22H2,1H3;1H/t19-,20+;/m1./s1. The molecule has 1 fully saturated rings. The van der Waals surface area contributed by atoms with Crippen LogP contribution < -0.4 is 10.5 Å². The predicted molar refractivity (Wildman–Crippen MR) is 108 cm³/mol. The quantitative estimate of drug-likeness (QED) is 0.788. The lowest BCUT2D eigenvalue weighted by molar-refractivity contribution is -0.144. The summed E-state index contributed by atoms with van der Waals surface area (Å²) >= 11 is 0. The van der Waals surface area contributed by atoms with Gasteiger partial charge in [0.15, 0.2) is 0 Å². The number of benzene rings is 2. The van der Waals surface area contributed by atoms with Crippen molar-refractivity contribution in [1.29, 1.82) is 0 Å². The second kappa shape index (κ2) is 10.3. The molecule has 1 amide bonds. The lowest BCUT2D eigenvalue weighted by Gasteiger charge is -2.26. The zero-order valence-corrected chi connectivity index (χ0v) is 16.4. The molecule has 2 atom stereocenters. The molecule has 146 valence electrons. The number of hydrogen-bond acceptors (Lipinski definition) is 4. The van der Waals surface area contributed by atoms with E-state index in [9.17, 15) is 4.79 Å². The molecule has 0 unspecified atom stereocenters. The molecule has 1 heterocycles. The minimum Gasteiger partial charge on any atom is -0.497 e. The molecule has 0 spiro atoms. The van der Waals surface area contributed by atoms with Crippen LogP contribution in [0.2, 0.25) is 0 Å². The number of nitrogens with zero attached hydrogens (tertiary/aromatic N) is 1. The summed E-state index contributed by atoms with van der Waals surface area (Å²) in [6, 6.07) is 17.8. The van der Waals surface area contributed by atoms with Crippen molar-refractivity contribution in [2.75, 3.05) is 13.7 Å². The predicted octanol–water partition coefficient (Wildman–Crippen LogP) is 3.15. The van der Waals surface area contributed by atoms with Crippen molar-refractivity contribution in [2.24, 2.45) is 5.73 Å². The van der Waals surface area contributed by atoms with Crippen molar-refractivity contribution in [3.05, 3.63) is 65.7 Å². The largest absolute Gasteiger partial charge is 0.497 e. The highest BCUT2D eigenvalue weighted by Gasteiger charge is 2.33. The van der Waals surface area contributed by atoms with E-state index in [4.69, 9.17) is 15.2 Å². The average Bonchev–Trinajstić information content (AvgIpc) is 3.17. The van der Waals surface area contributed by atoms with Gasteiger partial charge < -0.3 is 20.1 Å². The van der Waals surface area contributed by atoms with Crippen molar-refractivity contribution in [1.82, 2.24) is 4.90 Å². The maximum absolute atomic E-state index is 13.1. The Morgan fingerprint density at radius 3 is 2.26 bits per heavy atom. The fourth-order valence-electron chi connectivity index (χ4n) is 3.23. The molecule has 0 aromatic heterocycles. The summed E-state index contributed by atoms with van der Waals surface area (Å²) in [5.41, 5.74) is 7.84. The fourth-order valence-corrected chi connectivity index (χ4v) is 3.23. The van der Waals surface area contributed by atoms with E-state index in [1.54, 1.807) is 7.11 Å². The first kappa shape index (κ1) is 21.2.